The average Bonchev–Trinajstić information content (AvgIpc) is 2.84. The molecule has 0 fully saturated rings. The Labute approximate surface area is 208 Å². The lowest BCUT2D eigenvalue weighted by molar-refractivity contribution is 0.101. The molecular formula is C29H45O4P. The Bertz CT molecular complexity index is 798. The number of aryl methyl sites for hydroxylation is 2. The smallest absolute Gasteiger partial charge is 0.287 e. The van der Waals surface area contributed by atoms with Crippen molar-refractivity contribution in [3.8, 4) is 0 Å². The van der Waals surface area contributed by atoms with Crippen molar-refractivity contribution in [2.45, 2.75) is 105 Å². The van der Waals surface area contributed by atoms with E-state index in [1.165, 1.54) is 57.8 Å². The summed E-state index contributed by atoms with van der Waals surface area (Å²) in [5.74, 6) is 0. The van der Waals surface area contributed by atoms with Crippen molar-refractivity contribution in [2.75, 3.05) is 6.61 Å². The topological polar surface area (TPSA) is 44.8 Å². The van der Waals surface area contributed by atoms with Crippen LogP contribution in [0, 0.1) is 13.8 Å². The third-order valence-electron chi connectivity index (χ3n) is 6.28. The first-order chi connectivity index (χ1) is 16.5. The second kappa shape index (κ2) is 17.1. The van der Waals surface area contributed by atoms with Crippen LogP contribution in [0.5, 0.6) is 0 Å². The third kappa shape index (κ3) is 11.8. The molecule has 2 aromatic carbocycles. The molecule has 4 nitrogen and oxygen atoms in total. The number of phosphoric acid groups is 1. The van der Waals surface area contributed by atoms with Gasteiger partial charge in [-0.2, -0.15) is 0 Å². The predicted molar refractivity (Wildman–Crippen MR) is 142 cm³/mol. The molecule has 0 aliphatic rings. The molecule has 190 valence electrons. The van der Waals surface area contributed by atoms with Crippen LogP contribution in [0.1, 0.15) is 99.8 Å². The van der Waals surface area contributed by atoms with E-state index in [1.807, 2.05) is 62.4 Å². The lowest BCUT2D eigenvalue weighted by atomic mass is 10.1. The fourth-order valence-corrected chi connectivity index (χ4v) is 5.07. The van der Waals surface area contributed by atoms with Crippen molar-refractivity contribution in [1.29, 1.82) is 0 Å². The van der Waals surface area contributed by atoms with Gasteiger partial charge in [0, 0.05) is 0 Å². The molecule has 0 aliphatic heterocycles. The summed E-state index contributed by atoms with van der Waals surface area (Å²) >= 11 is 0. The van der Waals surface area contributed by atoms with E-state index >= 15 is 0 Å². The molecule has 5 heteroatoms. The van der Waals surface area contributed by atoms with Crippen LogP contribution in [0.2, 0.25) is 0 Å². The largest absolute Gasteiger partial charge is 0.475 e. The third-order valence-corrected chi connectivity index (χ3v) is 7.67. The molecule has 0 atom stereocenters. The minimum atomic E-state index is -3.67. The lowest BCUT2D eigenvalue weighted by Crippen LogP contribution is -2.04. The van der Waals surface area contributed by atoms with E-state index in [2.05, 4.69) is 6.92 Å². The quantitative estimate of drug-likeness (QED) is 0.146. The second-order valence-corrected chi connectivity index (χ2v) is 10.9. The van der Waals surface area contributed by atoms with Gasteiger partial charge in [0.05, 0.1) is 19.8 Å². The number of benzene rings is 2. The van der Waals surface area contributed by atoms with E-state index in [-0.39, 0.29) is 13.2 Å². The van der Waals surface area contributed by atoms with E-state index in [4.69, 9.17) is 13.6 Å². The second-order valence-electron chi connectivity index (χ2n) is 9.22. The molecule has 0 aliphatic carbocycles. The van der Waals surface area contributed by atoms with Gasteiger partial charge in [-0.1, -0.05) is 120 Å². The monoisotopic (exact) mass is 488 g/mol. The summed E-state index contributed by atoms with van der Waals surface area (Å²) in [6, 6.07) is 15.9. The summed E-state index contributed by atoms with van der Waals surface area (Å²) in [5, 5.41) is 0. The van der Waals surface area contributed by atoms with Gasteiger partial charge >= 0.3 is 7.82 Å². The van der Waals surface area contributed by atoms with E-state index < -0.39 is 7.82 Å². The summed E-state index contributed by atoms with van der Waals surface area (Å²) in [6.45, 7) is 7.09. The van der Waals surface area contributed by atoms with Gasteiger partial charge in [-0.25, -0.2) is 4.57 Å². The van der Waals surface area contributed by atoms with Gasteiger partial charge in [0.25, 0.3) is 0 Å². The molecule has 0 saturated heterocycles. The van der Waals surface area contributed by atoms with Crippen LogP contribution in [-0.4, -0.2) is 6.61 Å². The van der Waals surface area contributed by atoms with E-state index in [0.29, 0.717) is 6.61 Å². The first-order valence-corrected chi connectivity index (χ1v) is 14.6. The minimum Gasteiger partial charge on any atom is -0.287 e. The molecule has 0 N–H and O–H groups in total. The van der Waals surface area contributed by atoms with Crippen molar-refractivity contribution in [3.63, 3.8) is 0 Å². The van der Waals surface area contributed by atoms with Crippen molar-refractivity contribution in [2.24, 2.45) is 0 Å². The van der Waals surface area contributed by atoms with E-state index in [9.17, 15) is 4.57 Å². The zero-order valence-corrected chi connectivity index (χ0v) is 22.5. The fourth-order valence-electron chi connectivity index (χ4n) is 3.90. The Morgan fingerprint density at radius 1 is 0.588 bits per heavy atom. The van der Waals surface area contributed by atoms with Gasteiger partial charge in [-0.3, -0.25) is 13.6 Å². The van der Waals surface area contributed by atoms with Crippen LogP contribution in [0.3, 0.4) is 0 Å². The zero-order valence-electron chi connectivity index (χ0n) is 21.6. The van der Waals surface area contributed by atoms with Gasteiger partial charge in [-0.05, 0) is 42.5 Å². The number of rotatable bonds is 19. The molecule has 0 bridgehead atoms. The molecule has 0 unspecified atom stereocenters. The Kier molecular flexibility index (Phi) is 14.4. The highest BCUT2D eigenvalue weighted by atomic mass is 31.2. The summed E-state index contributed by atoms with van der Waals surface area (Å²) in [4.78, 5) is 0. The van der Waals surface area contributed by atoms with Crippen LogP contribution in [0.15, 0.2) is 48.5 Å². The molecule has 0 amide bonds. The van der Waals surface area contributed by atoms with Gasteiger partial charge in [0.15, 0.2) is 0 Å². The molecular weight excluding hydrogens is 443 g/mol. The molecule has 2 rings (SSSR count). The number of hydrogen-bond donors (Lipinski definition) is 0. The summed E-state index contributed by atoms with van der Waals surface area (Å²) in [5.41, 5.74) is 4.16. The Morgan fingerprint density at radius 3 is 1.44 bits per heavy atom. The van der Waals surface area contributed by atoms with Crippen molar-refractivity contribution in [3.05, 3.63) is 70.8 Å². The van der Waals surface area contributed by atoms with Gasteiger partial charge in [-0.15, -0.1) is 0 Å². The molecule has 34 heavy (non-hydrogen) atoms. The van der Waals surface area contributed by atoms with E-state index in [0.717, 1.165) is 35.1 Å². The Morgan fingerprint density at radius 2 is 1.00 bits per heavy atom. The van der Waals surface area contributed by atoms with Gasteiger partial charge < -0.3 is 0 Å². The molecule has 0 spiro atoms. The van der Waals surface area contributed by atoms with Gasteiger partial charge in [0.2, 0.25) is 0 Å². The van der Waals surface area contributed by atoms with Crippen molar-refractivity contribution >= 4 is 7.82 Å². The Balaban J connectivity index is 1.74. The van der Waals surface area contributed by atoms with Gasteiger partial charge in [0.1, 0.15) is 0 Å². The maximum absolute atomic E-state index is 13.4. The summed E-state index contributed by atoms with van der Waals surface area (Å²) in [7, 11) is -3.67. The van der Waals surface area contributed by atoms with Crippen LogP contribution in [0.4, 0.5) is 0 Å². The zero-order chi connectivity index (χ0) is 24.5. The first-order valence-electron chi connectivity index (χ1n) is 13.2. The van der Waals surface area contributed by atoms with Crippen LogP contribution >= 0.6 is 7.82 Å². The SMILES string of the molecule is CCCCCCCCCCCCCOP(=O)(OCc1ccccc1C)OCc1ccccc1C. The maximum Gasteiger partial charge on any atom is 0.475 e. The first kappa shape index (κ1) is 28.8. The predicted octanol–water partition coefficient (Wildman–Crippen LogP) is 9.47. The highest BCUT2D eigenvalue weighted by molar-refractivity contribution is 7.48. The Hall–Kier alpha value is -1.45. The summed E-state index contributed by atoms with van der Waals surface area (Å²) < 4.78 is 30.7. The number of unbranched alkanes of at least 4 members (excludes halogenated alkanes) is 10. The van der Waals surface area contributed by atoms with E-state index in [1.54, 1.807) is 0 Å². The standard InChI is InChI=1S/C29H45O4P/c1-4-5-6-7-8-9-10-11-12-13-18-23-31-34(30,32-24-28-21-16-14-19-26(28)2)33-25-29-22-17-15-20-27(29)3/h14-17,19-22H,4-13,18,23-25H2,1-3H3. The van der Waals surface area contributed by atoms with Crippen molar-refractivity contribution in [1.82, 2.24) is 0 Å². The molecule has 0 saturated carbocycles. The van der Waals surface area contributed by atoms with Crippen molar-refractivity contribution < 1.29 is 18.1 Å². The number of hydrogen-bond acceptors (Lipinski definition) is 4. The highest BCUT2D eigenvalue weighted by Crippen LogP contribution is 2.51. The molecule has 0 radical (unpaired) electrons. The summed E-state index contributed by atoms with van der Waals surface area (Å²) in [6.07, 6.45) is 13.8. The fraction of sp³-hybridized carbons (Fsp3) is 0.586. The maximum atomic E-state index is 13.4. The molecule has 0 heterocycles. The normalized spacial score (nSPS) is 11.7. The average molecular weight is 489 g/mol. The highest BCUT2D eigenvalue weighted by Gasteiger charge is 2.27. The molecule has 0 aromatic heterocycles. The van der Waals surface area contributed by atoms with Crippen LogP contribution in [0.25, 0.3) is 0 Å². The van der Waals surface area contributed by atoms with Crippen LogP contribution in [-0.2, 0) is 31.4 Å². The molecule has 2 aromatic rings. The number of phosphoric ester groups is 1. The van der Waals surface area contributed by atoms with Crippen LogP contribution < -0.4 is 0 Å². The lowest BCUT2D eigenvalue weighted by Gasteiger charge is -2.19. The minimum absolute atomic E-state index is 0.204.